The van der Waals surface area contributed by atoms with E-state index in [4.69, 9.17) is 10.5 Å². The van der Waals surface area contributed by atoms with Crippen LogP contribution in [0, 0.1) is 23.7 Å². The highest BCUT2D eigenvalue weighted by Crippen LogP contribution is 2.56. The topological polar surface area (TPSA) is 93.4 Å². The summed E-state index contributed by atoms with van der Waals surface area (Å²) in [6.07, 6.45) is 11.2. The Morgan fingerprint density at radius 1 is 1.14 bits per heavy atom. The number of nitrogens with zero attached hydrogens (tertiary/aromatic N) is 3. The monoisotopic (exact) mass is 385 g/mol. The van der Waals surface area contributed by atoms with E-state index in [2.05, 4.69) is 20.2 Å². The molecule has 1 aromatic heterocycles. The summed E-state index contributed by atoms with van der Waals surface area (Å²) in [4.78, 5) is 23.0. The third-order valence-corrected chi connectivity index (χ3v) is 7.61. The molecule has 0 amide bonds. The van der Waals surface area contributed by atoms with Crippen molar-refractivity contribution in [3.63, 3.8) is 0 Å². The van der Waals surface area contributed by atoms with Crippen LogP contribution in [-0.4, -0.2) is 41.7 Å². The summed E-state index contributed by atoms with van der Waals surface area (Å²) in [6.45, 7) is 1.52. The minimum absolute atomic E-state index is 0.0195. The molecule has 152 valence electrons. The molecule has 1 aliphatic heterocycles. The van der Waals surface area contributed by atoms with Gasteiger partial charge in [0.1, 0.15) is 12.0 Å². The maximum Gasteiger partial charge on any atom is 0.308 e. The lowest BCUT2D eigenvalue weighted by molar-refractivity contribution is -0.146. The first-order valence-corrected chi connectivity index (χ1v) is 10.8. The van der Waals surface area contributed by atoms with Crippen LogP contribution in [0.5, 0.6) is 0 Å². The molecule has 7 heteroatoms. The van der Waals surface area contributed by atoms with Crippen molar-refractivity contribution >= 4 is 23.3 Å². The fourth-order valence-electron chi connectivity index (χ4n) is 6.75. The second-order valence-corrected chi connectivity index (χ2v) is 9.57. The number of methoxy groups -OCH3 is 1. The molecule has 0 aromatic carbocycles. The molecule has 4 aliphatic carbocycles. The predicted molar refractivity (Wildman–Crippen MR) is 108 cm³/mol. The van der Waals surface area contributed by atoms with Gasteiger partial charge in [0.05, 0.1) is 13.0 Å². The molecule has 1 saturated heterocycles. The maximum atomic E-state index is 11.8. The Hall–Kier alpha value is -2.05. The van der Waals surface area contributed by atoms with Crippen molar-refractivity contribution in [1.29, 1.82) is 0 Å². The van der Waals surface area contributed by atoms with Gasteiger partial charge >= 0.3 is 5.97 Å². The van der Waals surface area contributed by atoms with Crippen LogP contribution in [0.2, 0.25) is 0 Å². The molecule has 2 heterocycles. The number of esters is 1. The number of nitrogen functional groups attached to an aromatic ring is 1. The van der Waals surface area contributed by atoms with E-state index in [0.29, 0.717) is 5.69 Å². The zero-order chi connectivity index (χ0) is 19.3. The highest BCUT2D eigenvalue weighted by molar-refractivity contribution is 5.76. The van der Waals surface area contributed by atoms with Crippen molar-refractivity contribution in [2.45, 2.75) is 56.9 Å². The van der Waals surface area contributed by atoms with Crippen molar-refractivity contribution in [3.8, 4) is 0 Å². The number of aromatic nitrogens is 2. The van der Waals surface area contributed by atoms with Gasteiger partial charge in [-0.3, -0.25) is 4.79 Å². The Morgan fingerprint density at radius 3 is 2.32 bits per heavy atom. The van der Waals surface area contributed by atoms with Gasteiger partial charge in [-0.2, -0.15) is 0 Å². The van der Waals surface area contributed by atoms with Gasteiger partial charge in [0.15, 0.2) is 11.6 Å². The Morgan fingerprint density at radius 2 is 1.75 bits per heavy atom. The third kappa shape index (κ3) is 3.08. The molecule has 1 aromatic rings. The number of nitrogens with one attached hydrogen (secondary N) is 1. The first-order valence-electron chi connectivity index (χ1n) is 10.8. The first-order chi connectivity index (χ1) is 13.5. The molecule has 0 spiro atoms. The maximum absolute atomic E-state index is 11.8. The summed E-state index contributed by atoms with van der Waals surface area (Å²) in [5.41, 5.74) is 7.36. The quantitative estimate of drug-likeness (QED) is 0.770. The smallest absolute Gasteiger partial charge is 0.308 e. The van der Waals surface area contributed by atoms with Crippen molar-refractivity contribution < 1.29 is 9.53 Å². The van der Waals surface area contributed by atoms with Gasteiger partial charge in [0.25, 0.3) is 0 Å². The van der Waals surface area contributed by atoms with Gasteiger partial charge in [-0.15, -0.1) is 0 Å². The van der Waals surface area contributed by atoms with Crippen LogP contribution in [0.15, 0.2) is 6.33 Å². The van der Waals surface area contributed by atoms with E-state index in [-0.39, 0.29) is 17.4 Å². The Kier molecular flexibility index (Phi) is 4.36. The Labute approximate surface area is 166 Å². The van der Waals surface area contributed by atoms with Crippen LogP contribution >= 0.6 is 0 Å². The van der Waals surface area contributed by atoms with Crippen molar-refractivity contribution in [3.05, 3.63) is 6.33 Å². The van der Waals surface area contributed by atoms with Gasteiger partial charge < -0.3 is 20.7 Å². The SMILES string of the molecule is COC(=O)C1CCN(c2ncnc(NC34CC5CC(CC(C5)C3)C4)c2N)CC1. The van der Waals surface area contributed by atoms with Crippen LogP contribution in [0.3, 0.4) is 0 Å². The molecule has 4 saturated carbocycles. The average molecular weight is 386 g/mol. The van der Waals surface area contributed by atoms with Gasteiger partial charge in [-0.05, 0) is 69.1 Å². The van der Waals surface area contributed by atoms with Crippen molar-refractivity contribution in [2.24, 2.45) is 23.7 Å². The number of rotatable bonds is 4. The number of piperidine rings is 1. The summed E-state index contributed by atoms with van der Waals surface area (Å²) in [6, 6.07) is 0. The fourth-order valence-corrected chi connectivity index (χ4v) is 6.75. The second kappa shape index (κ2) is 6.78. The standard InChI is InChI=1S/C21H31N5O2/c1-28-20(27)16-2-4-26(5-3-16)19-17(22)18(23-12-24-19)25-21-9-13-6-14(10-21)8-15(7-13)11-21/h12-16H,2-11,22H2,1H3,(H,23,24,25). The summed E-state index contributed by atoms with van der Waals surface area (Å²) in [5.74, 6) is 4.08. The summed E-state index contributed by atoms with van der Waals surface area (Å²) >= 11 is 0. The molecule has 0 radical (unpaired) electrons. The molecular formula is C21H31N5O2. The molecule has 0 unspecified atom stereocenters. The molecule has 5 fully saturated rings. The van der Waals surface area contributed by atoms with Crippen LogP contribution in [0.4, 0.5) is 17.3 Å². The van der Waals surface area contributed by atoms with Crippen LogP contribution < -0.4 is 16.0 Å². The Balaban J connectivity index is 1.32. The lowest BCUT2D eigenvalue weighted by Crippen LogP contribution is -2.55. The van der Waals surface area contributed by atoms with E-state index in [9.17, 15) is 4.79 Å². The number of carbonyl (C=O) groups is 1. The van der Waals surface area contributed by atoms with Crippen molar-refractivity contribution in [2.75, 3.05) is 36.1 Å². The van der Waals surface area contributed by atoms with Crippen molar-refractivity contribution in [1.82, 2.24) is 9.97 Å². The third-order valence-electron chi connectivity index (χ3n) is 7.61. The molecule has 3 N–H and O–H groups in total. The minimum atomic E-state index is -0.112. The number of anilines is 3. The average Bonchev–Trinajstić information content (AvgIpc) is 2.68. The molecule has 5 aliphatic rings. The van der Waals surface area contributed by atoms with Gasteiger partial charge in [-0.1, -0.05) is 0 Å². The summed E-state index contributed by atoms with van der Waals surface area (Å²) in [7, 11) is 1.46. The number of ether oxygens (including phenoxy) is 1. The Bertz CT molecular complexity index is 724. The van der Waals surface area contributed by atoms with Gasteiger partial charge in [-0.25, -0.2) is 9.97 Å². The summed E-state index contributed by atoms with van der Waals surface area (Å²) < 4.78 is 4.89. The van der Waals surface area contributed by atoms with E-state index in [1.165, 1.54) is 45.6 Å². The van der Waals surface area contributed by atoms with Crippen LogP contribution in [0.1, 0.15) is 51.4 Å². The normalized spacial score (nSPS) is 34.5. The van der Waals surface area contributed by atoms with Gasteiger partial charge in [0.2, 0.25) is 0 Å². The van der Waals surface area contributed by atoms with E-state index in [1.807, 2.05) is 0 Å². The molecule has 4 bridgehead atoms. The molecule has 0 atom stereocenters. The van der Waals surface area contributed by atoms with Gasteiger partial charge in [0, 0.05) is 18.6 Å². The minimum Gasteiger partial charge on any atom is -0.469 e. The predicted octanol–water partition coefficient (Wildman–Crippen LogP) is 2.83. The molecule has 6 rings (SSSR count). The highest BCUT2D eigenvalue weighted by atomic mass is 16.5. The lowest BCUT2D eigenvalue weighted by Gasteiger charge is -2.57. The molecule has 28 heavy (non-hydrogen) atoms. The van der Waals surface area contributed by atoms with Crippen LogP contribution in [-0.2, 0) is 9.53 Å². The number of hydrogen-bond donors (Lipinski definition) is 2. The van der Waals surface area contributed by atoms with E-state index in [0.717, 1.165) is 55.3 Å². The highest BCUT2D eigenvalue weighted by Gasteiger charge is 2.51. The number of carbonyl (C=O) groups excluding carboxylic acids is 1. The fraction of sp³-hybridized carbons (Fsp3) is 0.762. The lowest BCUT2D eigenvalue weighted by atomic mass is 9.53. The number of hydrogen-bond acceptors (Lipinski definition) is 7. The summed E-state index contributed by atoms with van der Waals surface area (Å²) in [5, 5.41) is 3.79. The van der Waals surface area contributed by atoms with Crippen LogP contribution in [0.25, 0.3) is 0 Å². The van der Waals surface area contributed by atoms with E-state index in [1.54, 1.807) is 6.33 Å². The van der Waals surface area contributed by atoms with E-state index < -0.39 is 0 Å². The zero-order valence-electron chi connectivity index (χ0n) is 16.7. The zero-order valence-corrected chi connectivity index (χ0v) is 16.7. The molecule has 7 nitrogen and oxygen atoms in total. The largest absolute Gasteiger partial charge is 0.469 e. The number of nitrogens with two attached hydrogens (primary N) is 1. The first kappa shape index (κ1) is 18.0. The second-order valence-electron chi connectivity index (χ2n) is 9.57. The van der Waals surface area contributed by atoms with E-state index >= 15 is 0 Å². The molecular weight excluding hydrogens is 354 g/mol.